The number of aromatic amines is 1. The van der Waals surface area contributed by atoms with Crippen LogP contribution in [-0.4, -0.2) is 20.7 Å². The molecule has 140 valence electrons. The summed E-state index contributed by atoms with van der Waals surface area (Å²) in [5, 5.41) is 3.18. The van der Waals surface area contributed by atoms with E-state index in [0.717, 1.165) is 12.1 Å². The number of carbonyl (C=O) groups excluding carboxylic acids is 1. The molecule has 2 aromatic carbocycles. The van der Waals surface area contributed by atoms with Gasteiger partial charge in [0.2, 0.25) is 5.78 Å². The van der Waals surface area contributed by atoms with Gasteiger partial charge in [-0.25, -0.2) is 23.1 Å². The molecule has 0 saturated carbocycles. The Morgan fingerprint density at radius 2 is 1.79 bits per heavy atom. The number of fused-ring (bicyclic) bond motifs is 1. The predicted molar refractivity (Wildman–Crippen MR) is 97.8 cm³/mol. The molecule has 0 aliphatic rings. The zero-order valence-corrected chi connectivity index (χ0v) is 14.1. The Labute approximate surface area is 156 Å². The van der Waals surface area contributed by atoms with Gasteiger partial charge in [-0.05, 0) is 36.4 Å². The third-order valence-electron chi connectivity index (χ3n) is 4.17. The van der Waals surface area contributed by atoms with E-state index in [9.17, 15) is 18.0 Å². The van der Waals surface area contributed by atoms with Crippen LogP contribution in [0.15, 0.2) is 48.9 Å². The largest absolute Gasteiger partial charge is 0.396 e. The summed E-state index contributed by atoms with van der Waals surface area (Å²) in [7, 11) is 0. The lowest BCUT2D eigenvalue weighted by Gasteiger charge is -2.09. The van der Waals surface area contributed by atoms with E-state index < -0.39 is 28.8 Å². The van der Waals surface area contributed by atoms with Crippen molar-refractivity contribution in [2.24, 2.45) is 0 Å². The van der Waals surface area contributed by atoms with Crippen LogP contribution in [-0.2, 0) is 0 Å². The Morgan fingerprint density at radius 3 is 2.54 bits per heavy atom. The molecule has 0 saturated heterocycles. The van der Waals surface area contributed by atoms with Gasteiger partial charge < -0.3 is 16.0 Å². The average molecular weight is 383 g/mol. The summed E-state index contributed by atoms with van der Waals surface area (Å²) >= 11 is 0. The second-order valence-corrected chi connectivity index (χ2v) is 5.93. The molecule has 0 unspecified atom stereocenters. The molecule has 0 radical (unpaired) electrons. The molecule has 0 spiro atoms. The highest BCUT2D eigenvalue weighted by Gasteiger charge is 2.25. The van der Waals surface area contributed by atoms with Crippen molar-refractivity contribution in [1.29, 1.82) is 0 Å². The van der Waals surface area contributed by atoms with Gasteiger partial charge in [-0.15, -0.1) is 0 Å². The summed E-state index contributed by atoms with van der Waals surface area (Å²) in [5.41, 5.74) is 5.11. The number of ketones is 1. The van der Waals surface area contributed by atoms with E-state index in [-0.39, 0.29) is 28.1 Å². The quantitative estimate of drug-likeness (QED) is 0.366. The van der Waals surface area contributed by atoms with Crippen molar-refractivity contribution in [2.75, 3.05) is 11.1 Å². The highest BCUT2D eigenvalue weighted by Crippen LogP contribution is 2.30. The first-order chi connectivity index (χ1) is 13.5. The van der Waals surface area contributed by atoms with Gasteiger partial charge in [-0.1, -0.05) is 0 Å². The third-order valence-corrected chi connectivity index (χ3v) is 4.17. The smallest absolute Gasteiger partial charge is 0.201 e. The summed E-state index contributed by atoms with van der Waals surface area (Å²) in [6, 6.07) is 7.43. The number of H-pyrrole nitrogens is 1. The summed E-state index contributed by atoms with van der Waals surface area (Å²) in [6.07, 6.45) is 2.54. The SMILES string of the molecule is Nc1ccc(F)c(C(=O)c2c[nH]c3ncnc(Nc4ccc(F)cc4)c23)c1F. The lowest BCUT2D eigenvalue weighted by molar-refractivity contribution is 0.103. The molecule has 9 heteroatoms. The molecule has 28 heavy (non-hydrogen) atoms. The lowest BCUT2D eigenvalue weighted by atomic mass is 10.0. The number of aromatic nitrogens is 3. The fourth-order valence-electron chi connectivity index (χ4n) is 2.82. The van der Waals surface area contributed by atoms with E-state index in [2.05, 4.69) is 20.3 Å². The Hall–Kier alpha value is -3.88. The van der Waals surface area contributed by atoms with Gasteiger partial charge >= 0.3 is 0 Å². The number of hydrogen-bond donors (Lipinski definition) is 3. The van der Waals surface area contributed by atoms with Gasteiger partial charge in [-0.3, -0.25) is 4.79 Å². The second kappa shape index (κ2) is 6.69. The third kappa shape index (κ3) is 2.92. The molecule has 0 fully saturated rings. The van der Waals surface area contributed by atoms with Gasteiger partial charge in [0, 0.05) is 11.9 Å². The number of nitrogen functional groups attached to an aromatic ring is 1. The summed E-state index contributed by atoms with van der Waals surface area (Å²) in [6.45, 7) is 0. The molecule has 0 atom stereocenters. The van der Waals surface area contributed by atoms with Crippen molar-refractivity contribution < 1.29 is 18.0 Å². The fourth-order valence-corrected chi connectivity index (χ4v) is 2.82. The van der Waals surface area contributed by atoms with E-state index in [0.29, 0.717) is 5.69 Å². The number of nitrogens with two attached hydrogens (primary N) is 1. The normalized spacial score (nSPS) is 11.0. The number of nitrogens with zero attached hydrogens (tertiary/aromatic N) is 2. The highest BCUT2D eigenvalue weighted by atomic mass is 19.1. The van der Waals surface area contributed by atoms with Crippen molar-refractivity contribution in [3.05, 3.63) is 77.5 Å². The number of carbonyl (C=O) groups is 1. The molecule has 4 N–H and O–H groups in total. The van der Waals surface area contributed by atoms with Crippen molar-refractivity contribution in [3.8, 4) is 0 Å². The highest BCUT2D eigenvalue weighted by molar-refractivity contribution is 6.18. The van der Waals surface area contributed by atoms with Crippen molar-refractivity contribution >= 4 is 34.0 Å². The Balaban J connectivity index is 1.84. The maximum absolute atomic E-state index is 14.3. The molecule has 4 rings (SSSR count). The van der Waals surface area contributed by atoms with E-state index >= 15 is 0 Å². The number of hydrogen-bond acceptors (Lipinski definition) is 5. The van der Waals surface area contributed by atoms with Gasteiger partial charge in [0.05, 0.1) is 22.2 Å². The first-order valence-electron chi connectivity index (χ1n) is 8.08. The molecular weight excluding hydrogens is 371 g/mol. The van der Waals surface area contributed by atoms with Gasteiger partial charge in [0.15, 0.2) is 5.82 Å². The number of halogens is 3. The van der Waals surface area contributed by atoms with Crippen LogP contribution < -0.4 is 11.1 Å². The summed E-state index contributed by atoms with van der Waals surface area (Å²) in [4.78, 5) is 23.8. The van der Waals surface area contributed by atoms with Crippen LogP contribution in [0.1, 0.15) is 15.9 Å². The van der Waals surface area contributed by atoms with Crippen LogP contribution in [0, 0.1) is 17.5 Å². The van der Waals surface area contributed by atoms with E-state index in [1.807, 2.05) is 0 Å². The van der Waals surface area contributed by atoms with Crippen LogP contribution in [0.5, 0.6) is 0 Å². The molecule has 6 nitrogen and oxygen atoms in total. The van der Waals surface area contributed by atoms with Crippen LogP contribution in [0.4, 0.5) is 30.4 Å². The van der Waals surface area contributed by atoms with E-state index in [1.54, 1.807) is 0 Å². The van der Waals surface area contributed by atoms with Gasteiger partial charge in [0.25, 0.3) is 0 Å². The molecule has 4 aromatic rings. The van der Waals surface area contributed by atoms with Crippen molar-refractivity contribution in [3.63, 3.8) is 0 Å². The number of rotatable bonds is 4. The van der Waals surface area contributed by atoms with Gasteiger partial charge in [-0.2, -0.15) is 0 Å². The molecule has 0 aliphatic carbocycles. The topological polar surface area (TPSA) is 96.7 Å². The summed E-state index contributed by atoms with van der Waals surface area (Å²) < 4.78 is 41.6. The Bertz CT molecular complexity index is 1200. The first kappa shape index (κ1) is 17.5. The molecule has 0 bridgehead atoms. The minimum atomic E-state index is -1.13. The minimum Gasteiger partial charge on any atom is -0.396 e. The van der Waals surface area contributed by atoms with Crippen LogP contribution >= 0.6 is 0 Å². The maximum Gasteiger partial charge on any atom is 0.201 e. The number of benzene rings is 2. The number of nitrogens with one attached hydrogen (secondary N) is 2. The van der Waals surface area contributed by atoms with Crippen LogP contribution in [0.25, 0.3) is 11.0 Å². The zero-order valence-electron chi connectivity index (χ0n) is 14.1. The van der Waals surface area contributed by atoms with E-state index in [4.69, 9.17) is 5.73 Å². The zero-order chi connectivity index (χ0) is 19.8. The number of anilines is 3. The van der Waals surface area contributed by atoms with Gasteiger partial charge in [0.1, 0.15) is 29.4 Å². The molecule has 2 aromatic heterocycles. The second-order valence-electron chi connectivity index (χ2n) is 5.93. The molecule has 2 heterocycles. The molecule has 0 amide bonds. The minimum absolute atomic E-state index is 0.0383. The Morgan fingerprint density at radius 1 is 1.04 bits per heavy atom. The molecule has 0 aliphatic heterocycles. The maximum atomic E-state index is 14.3. The average Bonchev–Trinajstić information content (AvgIpc) is 3.12. The standard InChI is InChI=1S/C19H12F3N5O/c20-9-1-3-10(4-2-9)27-19-14-11(7-24-18(14)25-8-26-19)17(28)15-12(21)5-6-13(23)16(15)22/h1-8H,23H2,(H2,24,25,26,27). The van der Waals surface area contributed by atoms with Crippen LogP contribution in [0.2, 0.25) is 0 Å². The summed E-state index contributed by atoms with van der Waals surface area (Å²) in [5.74, 6) is -3.28. The lowest BCUT2D eigenvalue weighted by Crippen LogP contribution is -2.10. The first-order valence-corrected chi connectivity index (χ1v) is 8.08. The Kier molecular flexibility index (Phi) is 4.19. The van der Waals surface area contributed by atoms with Crippen molar-refractivity contribution in [1.82, 2.24) is 15.0 Å². The van der Waals surface area contributed by atoms with E-state index in [1.165, 1.54) is 36.8 Å². The monoisotopic (exact) mass is 383 g/mol. The van der Waals surface area contributed by atoms with Crippen molar-refractivity contribution in [2.45, 2.75) is 0 Å². The fraction of sp³-hybridized carbons (Fsp3) is 0. The molecular formula is C19H12F3N5O. The van der Waals surface area contributed by atoms with Crippen LogP contribution in [0.3, 0.4) is 0 Å². The predicted octanol–water partition coefficient (Wildman–Crippen LogP) is 3.93.